The van der Waals surface area contributed by atoms with Crippen molar-refractivity contribution in [1.82, 2.24) is 4.90 Å². The first-order valence-corrected chi connectivity index (χ1v) is 8.84. The second-order valence-electron chi connectivity index (χ2n) is 5.68. The van der Waals surface area contributed by atoms with Crippen LogP contribution < -0.4 is 9.47 Å². The van der Waals surface area contributed by atoms with Crippen LogP contribution in [0.25, 0.3) is 6.08 Å². The van der Waals surface area contributed by atoms with Crippen molar-refractivity contribution in [2.45, 2.75) is 18.9 Å². The van der Waals surface area contributed by atoms with Crippen LogP contribution in [0, 0.1) is 0 Å². The van der Waals surface area contributed by atoms with Crippen LogP contribution in [0.2, 0.25) is 0 Å². The average Bonchev–Trinajstić information content (AvgIpc) is 3.29. The fourth-order valence-corrected chi connectivity index (χ4v) is 3.87. The Hall–Kier alpha value is -2.27. The molecule has 1 aromatic heterocycles. The zero-order valence-electron chi connectivity index (χ0n) is 13.9. The van der Waals surface area contributed by atoms with E-state index < -0.39 is 0 Å². The van der Waals surface area contributed by atoms with Crippen molar-refractivity contribution in [2.75, 3.05) is 20.8 Å². The number of hydrogen-bond acceptors (Lipinski definition) is 4. The normalized spacial score (nSPS) is 17.4. The van der Waals surface area contributed by atoms with Crippen molar-refractivity contribution in [1.29, 1.82) is 0 Å². The van der Waals surface area contributed by atoms with Gasteiger partial charge in [0.1, 0.15) is 11.5 Å². The molecule has 1 amide bonds. The first kappa shape index (κ1) is 16.6. The Morgan fingerprint density at radius 2 is 2.00 bits per heavy atom. The van der Waals surface area contributed by atoms with Gasteiger partial charge in [-0.05, 0) is 48.1 Å². The zero-order chi connectivity index (χ0) is 16.9. The van der Waals surface area contributed by atoms with E-state index >= 15 is 0 Å². The summed E-state index contributed by atoms with van der Waals surface area (Å²) < 4.78 is 10.5. The van der Waals surface area contributed by atoms with E-state index in [0.29, 0.717) is 11.5 Å². The summed E-state index contributed by atoms with van der Waals surface area (Å²) in [5.41, 5.74) is 0.881. The number of thiophene rings is 1. The van der Waals surface area contributed by atoms with E-state index in [2.05, 4.69) is 11.4 Å². The summed E-state index contributed by atoms with van der Waals surface area (Å²) in [6, 6.07) is 9.94. The third-order valence-corrected chi connectivity index (χ3v) is 5.17. The fourth-order valence-electron chi connectivity index (χ4n) is 3.00. The molecular weight excluding hydrogens is 322 g/mol. The van der Waals surface area contributed by atoms with Gasteiger partial charge in [-0.1, -0.05) is 6.07 Å². The molecule has 0 bridgehead atoms. The number of ether oxygens (including phenoxy) is 2. The van der Waals surface area contributed by atoms with Crippen LogP contribution in [-0.2, 0) is 4.79 Å². The lowest BCUT2D eigenvalue weighted by Gasteiger charge is -2.22. The minimum absolute atomic E-state index is 0.0488. The summed E-state index contributed by atoms with van der Waals surface area (Å²) in [5, 5.41) is 2.06. The molecule has 1 atom stereocenters. The number of benzene rings is 1. The summed E-state index contributed by atoms with van der Waals surface area (Å²) in [5.74, 6) is 1.46. The predicted molar refractivity (Wildman–Crippen MR) is 96.6 cm³/mol. The Labute approximate surface area is 146 Å². The quantitative estimate of drug-likeness (QED) is 0.766. The van der Waals surface area contributed by atoms with Crippen LogP contribution in [-0.4, -0.2) is 31.6 Å². The molecule has 0 spiro atoms. The lowest BCUT2D eigenvalue weighted by molar-refractivity contribution is -0.126. The van der Waals surface area contributed by atoms with Crippen LogP contribution in [0.4, 0.5) is 0 Å². The average molecular weight is 343 g/mol. The molecule has 1 fully saturated rings. The maximum atomic E-state index is 12.6. The van der Waals surface area contributed by atoms with Gasteiger partial charge in [0.15, 0.2) is 0 Å². The number of nitrogens with zero attached hydrogens (tertiary/aromatic N) is 1. The molecule has 1 unspecified atom stereocenters. The highest BCUT2D eigenvalue weighted by Gasteiger charge is 2.29. The van der Waals surface area contributed by atoms with Gasteiger partial charge in [-0.25, -0.2) is 0 Å². The Kier molecular flexibility index (Phi) is 5.20. The highest BCUT2D eigenvalue weighted by Crippen LogP contribution is 2.34. The van der Waals surface area contributed by atoms with Gasteiger partial charge >= 0.3 is 0 Å². The van der Waals surface area contributed by atoms with E-state index in [4.69, 9.17) is 9.47 Å². The highest BCUT2D eigenvalue weighted by molar-refractivity contribution is 7.10. The first-order valence-electron chi connectivity index (χ1n) is 7.96. The number of hydrogen-bond donors (Lipinski definition) is 0. The number of carbonyl (C=O) groups is 1. The number of rotatable bonds is 5. The van der Waals surface area contributed by atoms with Gasteiger partial charge in [0, 0.05) is 23.6 Å². The van der Waals surface area contributed by atoms with E-state index in [-0.39, 0.29) is 11.9 Å². The zero-order valence-corrected chi connectivity index (χ0v) is 14.7. The van der Waals surface area contributed by atoms with Gasteiger partial charge < -0.3 is 14.4 Å². The Morgan fingerprint density at radius 1 is 1.25 bits per heavy atom. The van der Waals surface area contributed by atoms with Gasteiger partial charge in [-0.2, -0.15) is 0 Å². The lowest BCUT2D eigenvalue weighted by Crippen LogP contribution is -2.28. The third-order valence-electron chi connectivity index (χ3n) is 4.20. The van der Waals surface area contributed by atoms with Crippen molar-refractivity contribution in [3.05, 3.63) is 52.2 Å². The predicted octanol–water partition coefficient (Wildman–Crippen LogP) is 4.14. The van der Waals surface area contributed by atoms with Gasteiger partial charge in [0.25, 0.3) is 0 Å². The standard InChI is InChI=1S/C19H21NO3S/c1-22-15-11-14(12-16(13-15)23-2)7-8-19(21)20-9-3-5-17(20)18-6-4-10-24-18/h4,6-8,10-13,17H,3,5,9H2,1-2H3/b8-7+. The second-order valence-corrected chi connectivity index (χ2v) is 6.66. The summed E-state index contributed by atoms with van der Waals surface area (Å²) >= 11 is 1.71. The van der Waals surface area contributed by atoms with Crippen molar-refractivity contribution in [3.8, 4) is 11.5 Å². The van der Waals surface area contributed by atoms with Gasteiger partial charge in [0.2, 0.25) is 5.91 Å². The molecule has 1 saturated heterocycles. The first-order chi connectivity index (χ1) is 11.7. The Morgan fingerprint density at radius 3 is 2.62 bits per heavy atom. The van der Waals surface area contributed by atoms with Gasteiger partial charge in [-0.3, -0.25) is 4.79 Å². The molecule has 24 heavy (non-hydrogen) atoms. The van der Waals surface area contributed by atoms with E-state index in [1.54, 1.807) is 31.6 Å². The van der Waals surface area contributed by atoms with Crippen molar-refractivity contribution < 1.29 is 14.3 Å². The minimum atomic E-state index is 0.0488. The van der Waals surface area contributed by atoms with Crippen LogP contribution in [0.15, 0.2) is 41.8 Å². The second kappa shape index (κ2) is 7.53. The summed E-state index contributed by atoms with van der Waals surface area (Å²) in [6.45, 7) is 0.813. The van der Waals surface area contributed by atoms with Crippen molar-refractivity contribution >= 4 is 23.3 Å². The number of likely N-dealkylation sites (tertiary alicyclic amines) is 1. The van der Waals surface area contributed by atoms with Crippen molar-refractivity contribution in [3.63, 3.8) is 0 Å². The molecule has 4 nitrogen and oxygen atoms in total. The van der Waals surface area contributed by atoms with E-state index in [0.717, 1.165) is 24.9 Å². The SMILES string of the molecule is COc1cc(/C=C/C(=O)N2CCCC2c2cccs2)cc(OC)c1. The smallest absolute Gasteiger partial charge is 0.247 e. The highest BCUT2D eigenvalue weighted by atomic mass is 32.1. The van der Waals surface area contributed by atoms with Gasteiger partial charge in [-0.15, -0.1) is 11.3 Å². The number of amides is 1. The fraction of sp³-hybridized carbons (Fsp3) is 0.316. The Bertz CT molecular complexity index is 702. The summed E-state index contributed by atoms with van der Waals surface area (Å²) in [6.07, 6.45) is 5.54. The molecule has 126 valence electrons. The van der Waals surface area contributed by atoms with Crippen LogP contribution >= 0.6 is 11.3 Å². The maximum absolute atomic E-state index is 12.6. The molecule has 2 heterocycles. The topological polar surface area (TPSA) is 38.8 Å². The van der Waals surface area contributed by atoms with E-state index in [1.807, 2.05) is 35.2 Å². The van der Waals surface area contributed by atoms with E-state index in [1.165, 1.54) is 4.88 Å². The lowest BCUT2D eigenvalue weighted by atomic mass is 10.1. The van der Waals surface area contributed by atoms with Gasteiger partial charge in [0.05, 0.1) is 20.3 Å². The van der Waals surface area contributed by atoms with Crippen molar-refractivity contribution in [2.24, 2.45) is 0 Å². The molecular formula is C19H21NO3S. The minimum Gasteiger partial charge on any atom is -0.497 e. The molecule has 0 saturated carbocycles. The van der Waals surface area contributed by atoms with Crippen LogP contribution in [0.3, 0.4) is 0 Å². The molecule has 2 aromatic rings. The summed E-state index contributed by atoms with van der Waals surface area (Å²) in [4.78, 5) is 15.8. The maximum Gasteiger partial charge on any atom is 0.247 e. The van der Waals surface area contributed by atoms with E-state index in [9.17, 15) is 4.79 Å². The molecule has 5 heteroatoms. The number of carbonyl (C=O) groups excluding carboxylic acids is 1. The molecule has 0 radical (unpaired) electrons. The molecule has 1 aromatic carbocycles. The monoisotopic (exact) mass is 343 g/mol. The largest absolute Gasteiger partial charge is 0.497 e. The molecule has 3 rings (SSSR count). The Balaban J connectivity index is 1.75. The third kappa shape index (κ3) is 3.62. The molecule has 0 N–H and O–H groups in total. The molecule has 0 aliphatic carbocycles. The summed E-state index contributed by atoms with van der Waals surface area (Å²) in [7, 11) is 3.23. The number of methoxy groups -OCH3 is 2. The molecule has 1 aliphatic rings. The molecule has 1 aliphatic heterocycles. The van der Waals surface area contributed by atoms with Crippen LogP contribution in [0.1, 0.15) is 29.3 Å². The van der Waals surface area contributed by atoms with Crippen LogP contribution in [0.5, 0.6) is 11.5 Å².